The zero-order chi connectivity index (χ0) is 15.2. The Morgan fingerprint density at radius 3 is 3.05 bits per heavy atom. The summed E-state index contributed by atoms with van der Waals surface area (Å²) in [6.07, 6.45) is 3.06. The van der Waals surface area contributed by atoms with Crippen molar-refractivity contribution < 1.29 is 14.3 Å². The van der Waals surface area contributed by atoms with Gasteiger partial charge in [-0.15, -0.1) is 11.3 Å². The number of hydrogen-bond donors (Lipinski definition) is 0. The van der Waals surface area contributed by atoms with Crippen LogP contribution in [0.15, 0.2) is 15.9 Å². The van der Waals surface area contributed by atoms with Crippen LogP contribution in [-0.4, -0.2) is 43.3 Å². The minimum absolute atomic E-state index is 0.00957. The fourth-order valence-corrected chi connectivity index (χ4v) is 3.82. The van der Waals surface area contributed by atoms with E-state index < -0.39 is 6.10 Å². The van der Waals surface area contributed by atoms with Gasteiger partial charge in [-0.2, -0.15) is 0 Å². The molecular weight excluding hydrogens is 354 g/mol. The van der Waals surface area contributed by atoms with Gasteiger partial charge in [-0.3, -0.25) is 4.79 Å². The Morgan fingerprint density at radius 2 is 2.43 bits per heavy atom. The summed E-state index contributed by atoms with van der Waals surface area (Å²) in [6.45, 7) is 3.74. The Balaban J connectivity index is 1.75. The summed E-state index contributed by atoms with van der Waals surface area (Å²) in [5, 5.41) is 2.02. The zero-order valence-electron chi connectivity index (χ0n) is 12.5. The van der Waals surface area contributed by atoms with Gasteiger partial charge in [-0.1, -0.05) is 0 Å². The Morgan fingerprint density at radius 1 is 1.62 bits per heavy atom. The average Bonchev–Trinajstić information content (AvgIpc) is 2.90. The summed E-state index contributed by atoms with van der Waals surface area (Å²) >= 11 is 5.07. The van der Waals surface area contributed by atoms with E-state index in [-0.39, 0.29) is 12.0 Å². The molecule has 2 atom stereocenters. The van der Waals surface area contributed by atoms with Crippen molar-refractivity contribution in [1.82, 2.24) is 4.90 Å². The topological polar surface area (TPSA) is 38.8 Å². The van der Waals surface area contributed by atoms with E-state index in [2.05, 4.69) is 15.9 Å². The molecule has 6 heteroatoms. The van der Waals surface area contributed by atoms with Crippen molar-refractivity contribution >= 4 is 33.2 Å². The highest BCUT2D eigenvalue weighted by Gasteiger charge is 2.21. The third kappa shape index (κ3) is 5.36. The van der Waals surface area contributed by atoms with E-state index in [1.54, 1.807) is 16.2 Å². The maximum atomic E-state index is 12.3. The molecule has 0 spiro atoms. The first kappa shape index (κ1) is 16.9. The minimum atomic E-state index is -0.427. The van der Waals surface area contributed by atoms with Crippen molar-refractivity contribution in [2.24, 2.45) is 0 Å². The lowest BCUT2D eigenvalue weighted by molar-refractivity contribution is -0.145. The summed E-state index contributed by atoms with van der Waals surface area (Å²) < 4.78 is 12.4. The molecule has 1 amide bonds. The normalized spacial score (nSPS) is 20.2. The Kier molecular flexibility index (Phi) is 6.67. The van der Waals surface area contributed by atoms with Crippen molar-refractivity contribution in [3.63, 3.8) is 0 Å². The molecule has 0 N–H and O–H groups in total. The maximum absolute atomic E-state index is 12.3. The molecule has 1 aliphatic rings. The second-order valence-corrected chi connectivity index (χ2v) is 7.30. The molecule has 0 saturated carbocycles. The summed E-state index contributed by atoms with van der Waals surface area (Å²) in [7, 11) is 1.81. The number of likely N-dealkylation sites (N-methyl/N-ethyl adjacent to an activating group) is 1. The van der Waals surface area contributed by atoms with E-state index in [4.69, 9.17) is 9.47 Å². The number of rotatable bonds is 6. The molecule has 2 heterocycles. The van der Waals surface area contributed by atoms with E-state index in [1.165, 1.54) is 6.42 Å². The molecule has 0 aromatic carbocycles. The highest BCUT2D eigenvalue weighted by molar-refractivity contribution is 9.10. The van der Waals surface area contributed by atoms with Crippen LogP contribution in [0.1, 0.15) is 31.1 Å². The number of nitrogens with zero attached hydrogens (tertiary/aromatic N) is 1. The van der Waals surface area contributed by atoms with Gasteiger partial charge in [0, 0.05) is 28.4 Å². The van der Waals surface area contributed by atoms with Crippen LogP contribution in [0.3, 0.4) is 0 Å². The number of carbonyl (C=O) groups is 1. The summed E-state index contributed by atoms with van der Waals surface area (Å²) in [5.74, 6) is 0.00957. The van der Waals surface area contributed by atoms with Gasteiger partial charge in [0.05, 0.1) is 19.3 Å². The van der Waals surface area contributed by atoms with Crippen LogP contribution in [-0.2, 0) is 20.8 Å². The smallest absolute Gasteiger partial charge is 0.251 e. The molecule has 1 aromatic heterocycles. The molecule has 1 fully saturated rings. The Bertz CT molecular complexity index is 460. The summed E-state index contributed by atoms with van der Waals surface area (Å²) in [6, 6.07) is 2.04. The largest absolute Gasteiger partial charge is 0.376 e. The number of carbonyl (C=O) groups excluding carboxylic acids is 1. The average molecular weight is 376 g/mol. The van der Waals surface area contributed by atoms with Crippen molar-refractivity contribution in [3.8, 4) is 0 Å². The van der Waals surface area contributed by atoms with Gasteiger partial charge in [-0.25, -0.2) is 0 Å². The Labute approximate surface area is 138 Å². The minimum Gasteiger partial charge on any atom is -0.376 e. The maximum Gasteiger partial charge on any atom is 0.251 e. The van der Waals surface area contributed by atoms with Crippen molar-refractivity contribution in [2.75, 3.05) is 20.3 Å². The molecular formula is C15H22BrNO3S. The van der Waals surface area contributed by atoms with Gasteiger partial charge in [-0.05, 0) is 48.2 Å². The molecule has 2 unspecified atom stereocenters. The molecule has 4 nitrogen and oxygen atoms in total. The standard InChI is InChI=1S/C15H22BrNO3S/c1-11(20-9-13-5-3-4-6-19-13)15(18)17(2)8-14-7-12(16)10-21-14/h7,10-11,13H,3-6,8-9H2,1-2H3. The van der Waals surface area contributed by atoms with Crippen LogP contribution in [0.2, 0.25) is 0 Å². The second-order valence-electron chi connectivity index (χ2n) is 5.39. The predicted molar refractivity (Wildman–Crippen MR) is 87.5 cm³/mol. The van der Waals surface area contributed by atoms with Crippen LogP contribution < -0.4 is 0 Å². The number of amides is 1. The van der Waals surface area contributed by atoms with Gasteiger partial charge in [0.1, 0.15) is 6.10 Å². The number of halogens is 1. The summed E-state index contributed by atoms with van der Waals surface area (Å²) in [5.41, 5.74) is 0. The fraction of sp³-hybridized carbons (Fsp3) is 0.667. The van der Waals surface area contributed by atoms with E-state index in [0.717, 1.165) is 28.8 Å². The Hall–Kier alpha value is -0.430. The molecule has 1 aliphatic heterocycles. The first-order valence-corrected chi connectivity index (χ1v) is 8.94. The van der Waals surface area contributed by atoms with Crippen molar-refractivity contribution in [2.45, 2.75) is 44.9 Å². The monoisotopic (exact) mass is 375 g/mol. The summed E-state index contributed by atoms with van der Waals surface area (Å²) in [4.78, 5) is 15.1. The molecule has 118 valence electrons. The van der Waals surface area contributed by atoms with Gasteiger partial charge in [0.25, 0.3) is 5.91 Å². The molecule has 1 aromatic rings. The lowest BCUT2D eigenvalue weighted by Crippen LogP contribution is -2.37. The third-order valence-corrected chi connectivity index (χ3v) is 5.23. The van der Waals surface area contributed by atoms with Gasteiger partial charge >= 0.3 is 0 Å². The van der Waals surface area contributed by atoms with Gasteiger partial charge in [0.15, 0.2) is 0 Å². The second kappa shape index (κ2) is 8.27. The quantitative estimate of drug-likeness (QED) is 0.764. The fourth-order valence-electron chi connectivity index (χ4n) is 2.32. The molecule has 0 bridgehead atoms. The first-order valence-electron chi connectivity index (χ1n) is 7.27. The van der Waals surface area contributed by atoms with Crippen LogP contribution in [0, 0.1) is 0 Å². The molecule has 0 aliphatic carbocycles. The van der Waals surface area contributed by atoms with E-state index in [0.29, 0.717) is 13.2 Å². The van der Waals surface area contributed by atoms with Gasteiger partial charge in [0.2, 0.25) is 0 Å². The van der Waals surface area contributed by atoms with Crippen LogP contribution in [0.4, 0.5) is 0 Å². The number of hydrogen-bond acceptors (Lipinski definition) is 4. The third-order valence-electron chi connectivity index (χ3n) is 3.54. The first-order chi connectivity index (χ1) is 10.1. The van der Waals surface area contributed by atoms with Crippen molar-refractivity contribution in [1.29, 1.82) is 0 Å². The van der Waals surface area contributed by atoms with E-state index in [9.17, 15) is 4.79 Å². The van der Waals surface area contributed by atoms with Gasteiger partial charge < -0.3 is 14.4 Å². The predicted octanol–water partition coefficient (Wildman–Crippen LogP) is 3.44. The van der Waals surface area contributed by atoms with E-state index >= 15 is 0 Å². The highest BCUT2D eigenvalue weighted by atomic mass is 79.9. The van der Waals surface area contributed by atoms with E-state index in [1.807, 2.05) is 25.4 Å². The molecule has 21 heavy (non-hydrogen) atoms. The van der Waals surface area contributed by atoms with Crippen molar-refractivity contribution in [3.05, 3.63) is 20.8 Å². The molecule has 0 radical (unpaired) electrons. The van der Waals surface area contributed by atoms with Crippen LogP contribution in [0.25, 0.3) is 0 Å². The van der Waals surface area contributed by atoms with Crippen LogP contribution in [0.5, 0.6) is 0 Å². The zero-order valence-corrected chi connectivity index (χ0v) is 14.9. The lowest BCUT2D eigenvalue weighted by atomic mass is 10.1. The molecule has 1 saturated heterocycles. The molecule has 2 rings (SSSR count). The SMILES string of the molecule is CC(OCC1CCCCO1)C(=O)N(C)Cc1cc(Br)cs1. The van der Waals surface area contributed by atoms with Crippen LogP contribution >= 0.6 is 27.3 Å². The number of thiophene rings is 1. The highest BCUT2D eigenvalue weighted by Crippen LogP contribution is 2.21. The number of ether oxygens (including phenoxy) is 2. The lowest BCUT2D eigenvalue weighted by Gasteiger charge is -2.25.